The third kappa shape index (κ3) is 1.72. The molecule has 0 aromatic carbocycles. The first-order chi connectivity index (χ1) is 7.36. The summed E-state index contributed by atoms with van der Waals surface area (Å²) in [5.74, 6) is 0.990. The summed E-state index contributed by atoms with van der Waals surface area (Å²) in [6, 6.07) is 6.78. The van der Waals surface area contributed by atoms with Gasteiger partial charge in [0.1, 0.15) is 5.82 Å². The maximum atomic E-state index is 4.28. The van der Waals surface area contributed by atoms with Crippen molar-refractivity contribution in [2.75, 3.05) is 11.9 Å². The fourth-order valence-electron chi connectivity index (χ4n) is 2.85. The Morgan fingerprint density at radius 2 is 2.27 bits per heavy atom. The molecule has 15 heavy (non-hydrogen) atoms. The number of pyridine rings is 1. The summed E-state index contributed by atoms with van der Waals surface area (Å²) >= 11 is 0. The summed E-state index contributed by atoms with van der Waals surface area (Å²) in [5, 5.41) is 7.15. The van der Waals surface area contributed by atoms with Crippen molar-refractivity contribution in [2.24, 2.45) is 0 Å². The monoisotopic (exact) mass is 203 g/mol. The zero-order valence-electron chi connectivity index (χ0n) is 8.87. The summed E-state index contributed by atoms with van der Waals surface area (Å²) in [6.07, 6.45) is 7.17. The minimum atomic E-state index is 0.363. The van der Waals surface area contributed by atoms with Gasteiger partial charge in [0, 0.05) is 24.3 Å². The summed E-state index contributed by atoms with van der Waals surface area (Å²) in [5.41, 5.74) is 0.363. The Morgan fingerprint density at radius 3 is 2.87 bits per heavy atom. The first kappa shape index (κ1) is 9.16. The molecule has 0 amide bonds. The summed E-state index contributed by atoms with van der Waals surface area (Å²) in [6.45, 7) is 1.01. The van der Waals surface area contributed by atoms with Crippen LogP contribution in [-0.2, 0) is 0 Å². The average Bonchev–Trinajstić information content (AvgIpc) is 2.89. The van der Waals surface area contributed by atoms with Gasteiger partial charge in [-0.25, -0.2) is 4.98 Å². The van der Waals surface area contributed by atoms with Crippen molar-refractivity contribution in [3.05, 3.63) is 24.4 Å². The van der Waals surface area contributed by atoms with Gasteiger partial charge in [-0.1, -0.05) is 6.07 Å². The molecule has 2 aliphatic rings. The molecule has 3 rings (SSSR count). The van der Waals surface area contributed by atoms with Gasteiger partial charge < -0.3 is 10.6 Å². The second kappa shape index (κ2) is 3.49. The van der Waals surface area contributed by atoms with Crippen molar-refractivity contribution in [2.45, 2.75) is 37.3 Å². The molecular weight excluding hydrogens is 186 g/mol. The zero-order chi connectivity index (χ0) is 10.1. The lowest BCUT2D eigenvalue weighted by molar-refractivity contribution is 0.407. The Bertz CT molecular complexity index is 328. The number of fused-ring (bicyclic) bond motifs is 2. The highest BCUT2D eigenvalue weighted by atomic mass is 15.1. The van der Waals surface area contributed by atoms with E-state index in [1.54, 1.807) is 0 Å². The highest BCUT2D eigenvalue weighted by molar-refractivity contribution is 5.34. The second-order valence-electron chi connectivity index (χ2n) is 4.77. The molecule has 3 heterocycles. The SMILES string of the molecule is c1ccc(NCC23CCC(CC2)N3)nc1. The molecule has 0 saturated carbocycles. The Morgan fingerprint density at radius 1 is 1.40 bits per heavy atom. The topological polar surface area (TPSA) is 37.0 Å². The Labute approximate surface area is 90.3 Å². The molecule has 0 unspecified atom stereocenters. The fraction of sp³-hybridized carbons (Fsp3) is 0.583. The maximum Gasteiger partial charge on any atom is 0.125 e. The molecule has 1 aromatic rings. The lowest BCUT2D eigenvalue weighted by Crippen LogP contribution is -2.42. The number of anilines is 1. The van der Waals surface area contributed by atoms with Gasteiger partial charge in [0.2, 0.25) is 0 Å². The molecule has 0 atom stereocenters. The first-order valence-electron chi connectivity index (χ1n) is 5.79. The van der Waals surface area contributed by atoms with E-state index in [0.29, 0.717) is 5.54 Å². The van der Waals surface area contributed by atoms with Crippen LogP contribution in [-0.4, -0.2) is 23.1 Å². The van der Waals surface area contributed by atoms with Gasteiger partial charge in [0.25, 0.3) is 0 Å². The van der Waals surface area contributed by atoms with Crippen LogP contribution in [0.1, 0.15) is 25.7 Å². The third-order valence-corrected chi connectivity index (χ3v) is 3.73. The van der Waals surface area contributed by atoms with Crippen LogP contribution in [0.5, 0.6) is 0 Å². The predicted molar refractivity (Wildman–Crippen MR) is 60.8 cm³/mol. The number of aromatic nitrogens is 1. The van der Waals surface area contributed by atoms with Crippen LogP contribution in [0.4, 0.5) is 5.82 Å². The fourth-order valence-corrected chi connectivity index (χ4v) is 2.85. The van der Waals surface area contributed by atoms with Crippen LogP contribution < -0.4 is 10.6 Å². The van der Waals surface area contributed by atoms with Gasteiger partial charge >= 0.3 is 0 Å². The van der Waals surface area contributed by atoms with Crippen molar-refractivity contribution >= 4 is 5.82 Å². The van der Waals surface area contributed by atoms with Gasteiger partial charge in [-0.05, 0) is 37.8 Å². The normalized spacial score (nSPS) is 33.2. The van der Waals surface area contributed by atoms with Crippen molar-refractivity contribution in [3.8, 4) is 0 Å². The van der Waals surface area contributed by atoms with Crippen LogP contribution in [0.2, 0.25) is 0 Å². The van der Waals surface area contributed by atoms with E-state index in [2.05, 4.69) is 15.6 Å². The number of rotatable bonds is 3. The molecule has 80 valence electrons. The lowest BCUT2D eigenvalue weighted by Gasteiger charge is -2.26. The maximum absolute atomic E-state index is 4.28. The predicted octanol–water partition coefficient (Wildman–Crippen LogP) is 1.78. The quantitative estimate of drug-likeness (QED) is 0.786. The van der Waals surface area contributed by atoms with Gasteiger partial charge in [-0.15, -0.1) is 0 Å². The molecule has 0 aliphatic carbocycles. The molecular formula is C12H17N3. The molecule has 2 bridgehead atoms. The van der Waals surface area contributed by atoms with E-state index in [-0.39, 0.29) is 0 Å². The minimum absolute atomic E-state index is 0.363. The Kier molecular flexibility index (Phi) is 2.13. The standard InChI is InChI=1S/C12H17N3/c1-2-8-13-11(3-1)14-9-12-6-4-10(15-12)5-7-12/h1-3,8,10,15H,4-7,9H2,(H,13,14). The van der Waals surface area contributed by atoms with E-state index < -0.39 is 0 Å². The van der Waals surface area contributed by atoms with Crippen molar-refractivity contribution in [3.63, 3.8) is 0 Å². The Hall–Kier alpha value is -1.09. The summed E-state index contributed by atoms with van der Waals surface area (Å²) in [4.78, 5) is 4.28. The molecule has 2 fully saturated rings. The molecule has 2 aliphatic heterocycles. The molecule has 2 N–H and O–H groups in total. The highest BCUT2D eigenvalue weighted by Gasteiger charge is 2.43. The number of nitrogens with one attached hydrogen (secondary N) is 2. The van der Waals surface area contributed by atoms with E-state index >= 15 is 0 Å². The van der Waals surface area contributed by atoms with Crippen LogP contribution >= 0.6 is 0 Å². The van der Waals surface area contributed by atoms with Gasteiger partial charge in [-0.2, -0.15) is 0 Å². The van der Waals surface area contributed by atoms with E-state index in [4.69, 9.17) is 0 Å². The molecule has 3 heteroatoms. The van der Waals surface area contributed by atoms with Crippen LogP contribution in [0, 0.1) is 0 Å². The molecule has 0 spiro atoms. The van der Waals surface area contributed by atoms with E-state index in [0.717, 1.165) is 18.4 Å². The largest absolute Gasteiger partial charge is 0.368 e. The third-order valence-electron chi connectivity index (χ3n) is 3.73. The Balaban J connectivity index is 1.62. The molecule has 1 aromatic heterocycles. The van der Waals surface area contributed by atoms with Crippen molar-refractivity contribution < 1.29 is 0 Å². The van der Waals surface area contributed by atoms with E-state index in [1.165, 1.54) is 25.7 Å². The van der Waals surface area contributed by atoms with Crippen LogP contribution in [0.15, 0.2) is 24.4 Å². The molecule has 3 nitrogen and oxygen atoms in total. The summed E-state index contributed by atoms with van der Waals surface area (Å²) < 4.78 is 0. The van der Waals surface area contributed by atoms with Gasteiger partial charge in [0.05, 0.1) is 0 Å². The van der Waals surface area contributed by atoms with Crippen molar-refractivity contribution in [1.82, 2.24) is 10.3 Å². The summed E-state index contributed by atoms with van der Waals surface area (Å²) in [7, 11) is 0. The highest BCUT2D eigenvalue weighted by Crippen LogP contribution is 2.37. The zero-order valence-corrected chi connectivity index (χ0v) is 8.87. The average molecular weight is 203 g/mol. The van der Waals surface area contributed by atoms with Crippen LogP contribution in [0.25, 0.3) is 0 Å². The van der Waals surface area contributed by atoms with Gasteiger partial charge in [0.15, 0.2) is 0 Å². The number of nitrogens with zero attached hydrogens (tertiary/aromatic N) is 1. The molecule has 0 radical (unpaired) electrons. The number of hydrogen-bond acceptors (Lipinski definition) is 3. The first-order valence-corrected chi connectivity index (χ1v) is 5.79. The molecule has 2 saturated heterocycles. The van der Waals surface area contributed by atoms with E-state index in [1.807, 2.05) is 24.4 Å². The van der Waals surface area contributed by atoms with E-state index in [9.17, 15) is 0 Å². The number of hydrogen-bond donors (Lipinski definition) is 2. The second-order valence-corrected chi connectivity index (χ2v) is 4.77. The minimum Gasteiger partial charge on any atom is -0.368 e. The lowest BCUT2D eigenvalue weighted by atomic mass is 9.88. The van der Waals surface area contributed by atoms with Crippen molar-refractivity contribution in [1.29, 1.82) is 0 Å². The van der Waals surface area contributed by atoms with Crippen LogP contribution in [0.3, 0.4) is 0 Å². The van der Waals surface area contributed by atoms with Gasteiger partial charge in [-0.3, -0.25) is 0 Å². The smallest absolute Gasteiger partial charge is 0.125 e.